The predicted molar refractivity (Wildman–Crippen MR) is 62.1 cm³/mol. The van der Waals surface area contributed by atoms with Crippen molar-refractivity contribution in [1.82, 2.24) is 0 Å². The van der Waals surface area contributed by atoms with Crippen molar-refractivity contribution in [3.8, 4) is 22.6 Å². The van der Waals surface area contributed by atoms with Gasteiger partial charge in [-0.05, 0) is 11.6 Å². The van der Waals surface area contributed by atoms with E-state index in [0.29, 0.717) is 5.56 Å². The van der Waals surface area contributed by atoms with E-state index in [2.05, 4.69) is 0 Å². The van der Waals surface area contributed by atoms with Crippen molar-refractivity contribution < 1.29 is 16.8 Å². The summed E-state index contributed by atoms with van der Waals surface area (Å²) in [5, 5.41) is 0. The Kier molecular flexibility index (Phi) is 2.09. The quantitative estimate of drug-likeness (QED) is 0.777. The minimum absolute atomic E-state index is 0.228. The Bertz CT molecular complexity index is 662. The van der Waals surface area contributed by atoms with Crippen molar-refractivity contribution >= 4 is 10.4 Å². The van der Waals surface area contributed by atoms with Crippen molar-refractivity contribution in [3.05, 3.63) is 48.5 Å². The monoisotopic (exact) mass is 248 g/mol. The molecule has 0 amide bonds. The normalized spacial score (nSPS) is 15.8. The van der Waals surface area contributed by atoms with Crippen LogP contribution in [0.25, 0.3) is 11.1 Å². The Hall–Kier alpha value is -2.01. The third-order valence-electron chi connectivity index (χ3n) is 2.44. The second kappa shape index (κ2) is 3.49. The molecule has 0 fully saturated rings. The van der Waals surface area contributed by atoms with E-state index in [9.17, 15) is 8.42 Å². The number of benzene rings is 2. The van der Waals surface area contributed by atoms with Crippen LogP contribution in [0.1, 0.15) is 0 Å². The summed E-state index contributed by atoms with van der Waals surface area (Å²) < 4.78 is 32.0. The first-order chi connectivity index (χ1) is 8.16. The van der Waals surface area contributed by atoms with Crippen LogP contribution in [0.5, 0.6) is 11.5 Å². The van der Waals surface area contributed by atoms with Crippen LogP contribution in [-0.2, 0) is 10.4 Å². The maximum absolute atomic E-state index is 11.2. The van der Waals surface area contributed by atoms with Crippen LogP contribution in [0.4, 0.5) is 0 Å². The zero-order chi connectivity index (χ0) is 11.9. The Morgan fingerprint density at radius 2 is 1.59 bits per heavy atom. The third-order valence-corrected chi connectivity index (χ3v) is 3.20. The summed E-state index contributed by atoms with van der Waals surface area (Å²) >= 11 is 0. The zero-order valence-electron chi connectivity index (χ0n) is 8.66. The molecule has 5 heteroatoms. The van der Waals surface area contributed by atoms with E-state index in [1.54, 1.807) is 18.2 Å². The van der Waals surface area contributed by atoms with E-state index >= 15 is 0 Å². The fourth-order valence-corrected chi connectivity index (χ4v) is 2.50. The molecule has 1 aliphatic heterocycles. The first-order valence-corrected chi connectivity index (χ1v) is 6.31. The van der Waals surface area contributed by atoms with E-state index in [4.69, 9.17) is 8.37 Å². The Labute approximate surface area is 98.8 Å². The van der Waals surface area contributed by atoms with Gasteiger partial charge in [0.1, 0.15) is 0 Å². The number of fused-ring (bicyclic) bond motifs is 1. The Balaban J connectivity index is 2.20. The molecule has 1 aliphatic rings. The summed E-state index contributed by atoms with van der Waals surface area (Å²) in [5.41, 5.74) is 1.58. The minimum atomic E-state index is -3.94. The van der Waals surface area contributed by atoms with Crippen LogP contribution in [0.15, 0.2) is 48.5 Å². The van der Waals surface area contributed by atoms with Crippen LogP contribution < -0.4 is 8.37 Å². The first-order valence-electron chi connectivity index (χ1n) is 4.98. The Morgan fingerprint density at radius 1 is 0.824 bits per heavy atom. The van der Waals surface area contributed by atoms with E-state index < -0.39 is 10.4 Å². The zero-order valence-corrected chi connectivity index (χ0v) is 9.48. The average Bonchev–Trinajstić information content (AvgIpc) is 2.63. The van der Waals surface area contributed by atoms with Gasteiger partial charge in [-0.2, -0.15) is 0 Å². The van der Waals surface area contributed by atoms with Gasteiger partial charge in [-0.25, -0.2) is 0 Å². The molecule has 86 valence electrons. The summed E-state index contributed by atoms with van der Waals surface area (Å²) in [5.74, 6) is 0.477. The van der Waals surface area contributed by atoms with Crippen molar-refractivity contribution in [2.45, 2.75) is 0 Å². The second-order valence-corrected chi connectivity index (χ2v) is 4.72. The highest BCUT2D eigenvalue weighted by Gasteiger charge is 2.30. The molecule has 2 aromatic rings. The molecular formula is C12H8O4S. The van der Waals surface area contributed by atoms with E-state index in [1.165, 1.54) is 0 Å². The molecule has 2 aromatic carbocycles. The van der Waals surface area contributed by atoms with E-state index in [-0.39, 0.29) is 11.5 Å². The van der Waals surface area contributed by atoms with Crippen LogP contribution in [0, 0.1) is 0 Å². The second-order valence-electron chi connectivity index (χ2n) is 3.57. The fourth-order valence-electron chi connectivity index (χ4n) is 1.74. The van der Waals surface area contributed by atoms with Gasteiger partial charge < -0.3 is 8.37 Å². The van der Waals surface area contributed by atoms with Crippen molar-refractivity contribution in [3.63, 3.8) is 0 Å². The van der Waals surface area contributed by atoms with Gasteiger partial charge in [-0.15, -0.1) is 8.42 Å². The number of rotatable bonds is 1. The van der Waals surface area contributed by atoms with E-state index in [0.717, 1.165) is 5.56 Å². The summed E-state index contributed by atoms with van der Waals surface area (Å²) in [6, 6.07) is 14.5. The van der Waals surface area contributed by atoms with Gasteiger partial charge in [0.05, 0.1) is 0 Å². The first kappa shape index (κ1) is 10.2. The van der Waals surface area contributed by atoms with E-state index in [1.807, 2.05) is 30.3 Å². The summed E-state index contributed by atoms with van der Waals surface area (Å²) in [4.78, 5) is 0. The fraction of sp³-hybridized carbons (Fsp3) is 0. The molecule has 0 saturated heterocycles. The highest BCUT2D eigenvalue weighted by Crippen LogP contribution is 2.43. The van der Waals surface area contributed by atoms with Crippen molar-refractivity contribution in [1.29, 1.82) is 0 Å². The maximum atomic E-state index is 11.2. The minimum Gasteiger partial charge on any atom is -0.349 e. The molecular weight excluding hydrogens is 240 g/mol. The van der Waals surface area contributed by atoms with Crippen molar-refractivity contribution in [2.75, 3.05) is 0 Å². The molecule has 0 atom stereocenters. The highest BCUT2D eigenvalue weighted by atomic mass is 32.3. The number of hydrogen-bond donors (Lipinski definition) is 0. The van der Waals surface area contributed by atoms with Gasteiger partial charge in [0.15, 0.2) is 11.5 Å². The molecule has 0 saturated carbocycles. The van der Waals surface area contributed by atoms with Crippen LogP contribution in [0.3, 0.4) is 0 Å². The maximum Gasteiger partial charge on any atom is 0.501 e. The lowest BCUT2D eigenvalue weighted by molar-refractivity contribution is 0.437. The molecule has 0 N–H and O–H groups in total. The molecule has 4 nitrogen and oxygen atoms in total. The molecule has 0 spiro atoms. The van der Waals surface area contributed by atoms with Crippen LogP contribution >= 0.6 is 0 Å². The Morgan fingerprint density at radius 3 is 2.35 bits per heavy atom. The predicted octanol–water partition coefficient (Wildman–Crippen LogP) is 2.37. The summed E-state index contributed by atoms with van der Waals surface area (Å²) in [6.07, 6.45) is 0. The van der Waals surface area contributed by atoms with Crippen LogP contribution in [-0.4, -0.2) is 8.42 Å². The van der Waals surface area contributed by atoms with Crippen molar-refractivity contribution in [2.24, 2.45) is 0 Å². The summed E-state index contributed by atoms with van der Waals surface area (Å²) in [7, 11) is -3.94. The molecule has 0 unspecified atom stereocenters. The third kappa shape index (κ3) is 1.74. The molecule has 17 heavy (non-hydrogen) atoms. The number of hydrogen-bond acceptors (Lipinski definition) is 4. The largest absolute Gasteiger partial charge is 0.501 e. The van der Waals surface area contributed by atoms with Gasteiger partial charge in [0.2, 0.25) is 0 Å². The standard InChI is InChI=1S/C12H8O4S/c13-17(14)15-11-8-4-7-10(12(11)16-17)9-5-2-1-3-6-9/h1-8H. The summed E-state index contributed by atoms with van der Waals surface area (Å²) in [6.45, 7) is 0. The van der Waals surface area contributed by atoms with Gasteiger partial charge in [0.25, 0.3) is 0 Å². The molecule has 0 aliphatic carbocycles. The van der Waals surface area contributed by atoms with Gasteiger partial charge >= 0.3 is 10.4 Å². The van der Waals surface area contributed by atoms with Gasteiger partial charge in [-0.1, -0.05) is 42.5 Å². The molecule has 0 radical (unpaired) electrons. The van der Waals surface area contributed by atoms with Gasteiger partial charge in [-0.3, -0.25) is 0 Å². The highest BCUT2D eigenvalue weighted by molar-refractivity contribution is 7.82. The lowest BCUT2D eigenvalue weighted by Crippen LogP contribution is -2.08. The molecule has 0 bridgehead atoms. The number of para-hydroxylation sites is 1. The molecule has 1 heterocycles. The molecule has 0 aromatic heterocycles. The van der Waals surface area contributed by atoms with Crippen LogP contribution in [0.2, 0.25) is 0 Å². The van der Waals surface area contributed by atoms with Gasteiger partial charge in [0, 0.05) is 5.56 Å². The smallest absolute Gasteiger partial charge is 0.349 e. The topological polar surface area (TPSA) is 52.6 Å². The lowest BCUT2D eigenvalue weighted by atomic mass is 10.0. The average molecular weight is 248 g/mol. The lowest BCUT2D eigenvalue weighted by Gasteiger charge is -2.03. The molecule has 3 rings (SSSR count). The SMILES string of the molecule is O=S1(=O)Oc2cccc(-c3ccccc3)c2O1.